The fourth-order valence-electron chi connectivity index (χ4n) is 2.78. The molecular weight excluding hydrogens is 254 g/mol. The van der Waals surface area contributed by atoms with Gasteiger partial charge in [0, 0.05) is 24.0 Å². The van der Waals surface area contributed by atoms with Gasteiger partial charge in [0.15, 0.2) is 0 Å². The van der Waals surface area contributed by atoms with Crippen LogP contribution in [0.5, 0.6) is 0 Å². The average molecular weight is 281 g/mol. The first-order chi connectivity index (χ1) is 9.16. The first kappa shape index (κ1) is 14.9. The Morgan fingerprint density at radius 3 is 2.95 bits per heavy atom. The third-order valence-corrected chi connectivity index (χ3v) is 5.09. The highest BCUT2D eigenvalue weighted by atomic mass is 32.1. The maximum absolute atomic E-state index is 4.35. The molecule has 3 nitrogen and oxygen atoms in total. The Kier molecular flexibility index (Phi) is 5.79. The first-order valence-electron chi connectivity index (χ1n) is 7.50. The lowest BCUT2D eigenvalue weighted by Crippen LogP contribution is -2.42. The molecule has 0 radical (unpaired) electrons. The van der Waals surface area contributed by atoms with E-state index in [1.165, 1.54) is 43.0 Å². The van der Waals surface area contributed by atoms with Crippen molar-refractivity contribution >= 4 is 11.3 Å². The van der Waals surface area contributed by atoms with Gasteiger partial charge in [-0.1, -0.05) is 0 Å². The van der Waals surface area contributed by atoms with E-state index in [2.05, 4.69) is 36.0 Å². The second-order valence-electron chi connectivity index (χ2n) is 5.91. The highest BCUT2D eigenvalue weighted by Crippen LogP contribution is 2.17. The molecule has 1 aromatic rings. The van der Waals surface area contributed by atoms with E-state index in [0.29, 0.717) is 6.04 Å². The average Bonchev–Trinajstić information content (AvgIpc) is 2.81. The van der Waals surface area contributed by atoms with Gasteiger partial charge in [-0.05, 0) is 59.0 Å². The second kappa shape index (κ2) is 7.36. The number of hydrogen-bond acceptors (Lipinski definition) is 4. The fraction of sp³-hybridized carbons (Fsp3) is 0.800. The van der Waals surface area contributed by atoms with Gasteiger partial charge in [-0.2, -0.15) is 0 Å². The fourth-order valence-corrected chi connectivity index (χ4v) is 3.55. The van der Waals surface area contributed by atoms with Gasteiger partial charge in [-0.3, -0.25) is 0 Å². The van der Waals surface area contributed by atoms with E-state index in [-0.39, 0.29) is 0 Å². The molecule has 0 aliphatic carbocycles. The molecule has 1 aliphatic heterocycles. The molecule has 0 amide bonds. The van der Waals surface area contributed by atoms with Crippen LogP contribution in [0.15, 0.2) is 5.51 Å². The summed E-state index contributed by atoms with van der Waals surface area (Å²) in [6, 6.07) is 0.634. The summed E-state index contributed by atoms with van der Waals surface area (Å²) >= 11 is 1.80. The van der Waals surface area contributed by atoms with E-state index in [9.17, 15) is 0 Å². The number of piperidine rings is 1. The molecule has 0 bridgehead atoms. The van der Waals surface area contributed by atoms with Gasteiger partial charge < -0.3 is 10.2 Å². The summed E-state index contributed by atoms with van der Waals surface area (Å²) in [5.41, 5.74) is 3.18. The van der Waals surface area contributed by atoms with E-state index in [0.717, 1.165) is 18.9 Å². The molecule has 1 unspecified atom stereocenters. The van der Waals surface area contributed by atoms with Crippen molar-refractivity contribution in [1.29, 1.82) is 0 Å². The van der Waals surface area contributed by atoms with Gasteiger partial charge in [0.2, 0.25) is 0 Å². The van der Waals surface area contributed by atoms with Gasteiger partial charge in [0.05, 0.1) is 11.2 Å². The van der Waals surface area contributed by atoms with Gasteiger partial charge in [0.25, 0.3) is 0 Å². The molecule has 2 heterocycles. The van der Waals surface area contributed by atoms with Crippen molar-refractivity contribution in [2.45, 2.75) is 46.1 Å². The number of aromatic nitrogens is 1. The van der Waals surface area contributed by atoms with Gasteiger partial charge >= 0.3 is 0 Å². The predicted octanol–water partition coefficient (Wildman–Crippen LogP) is 2.70. The number of hydrogen-bond donors (Lipinski definition) is 1. The molecule has 1 saturated heterocycles. The minimum Gasteiger partial charge on any atom is -0.316 e. The summed E-state index contributed by atoms with van der Waals surface area (Å²) < 4.78 is 0. The SMILES string of the molecule is Cc1ncsc1CCN(CC1CCCNC1)C(C)C. The van der Waals surface area contributed by atoms with Crippen LogP contribution in [0.3, 0.4) is 0 Å². The summed E-state index contributed by atoms with van der Waals surface area (Å²) in [4.78, 5) is 8.43. The van der Waals surface area contributed by atoms with Gasteiger partial charge in [-0.15, -0.1) is 11.3 Å². The Bertz CT molecular complexity index is 369. The van der Waals surface area contributed by atoms with Crippen LogP contribution in [-0.2, 0) is 6.42 Å². The van der Waals surface area contributed by atoms with E-state index in [1.807, 2.05) is 5.51 Å². The highest BCUT2D eigenvalue weighted by molar-refractivity contribution is 7.09. The van der Waals surface area contributed by atoms with Crippen molar-refractivity contribution in [3.8, 4) is 0 Å². The molecule has 1 N–H and O–H groups in total. The smallest absolute Gasteiger partial charge is 0.0797 e. The molecule has 1 atom stereocenters. The number of aryl methyl sites for hydroxylation is 1. The molecule has 108 valence electrons. The topological polar surface area (TPSA) is 28.2 Å². The number of nitrogens with zero attached hydrogens (tertiary/aromatic N) is 2. The maximum Gasteiger partial charge on any atom is 0.0797 e. The van der Waals surface area contributed by atoms with Crippen molar-refractivity contribution in [2.75, 3.05) is 26.2 Å². The van der Waals surface area contributed by atoms with Crippen LogP contribution < -0.4 is 5.32 Å². The summed E-state index contributed by atoms with van der Waals surface area (Å²) in [5.74, 6) is 0.832. The molecule has 19 heavy (non-hydrogen) atoms. The van der Waals surface area contributed by atoms with Crippen LogP contribution in [0.2, 0.25) is 0 Å². The zero-order chi connectivity index (χ0) is 13.7. The third-order valence-electron chi connectivity index (χ3n) is 4.09. The quantitative estimate of drug-likeness (QED) is 0.869. The molecule has 1 aliphatic rings. The molecular formula is C15H27N3S. The minimum absolute atomic E-state index is 0.634. The molecule has 1 aromatic heterocycles. The van der Waals surface area contributed by atoms with E-state index in [1.54, 1.807) is 11.3 Å². The Morgan fingerprint density at radius 1 is 1.53 bits per heavy atom. The van der Waals surface area contributed by atoms with Crippen molar-refractivity contribution in [3.63, 3.8) is 0 Å². The lowest BCUT2D eigenvalue weighted by molar-refractivity contribution is 0.173. The largest absolute Gasteiger partial charge is 0.316 e. The standard InChI is InChI=1S/C15H27N3S/c1-12(2)18(10-14-5-4-7-16-9-14)8-6-15-13(3)17-11-19-15/h11-12,14,16H,4-10H2,1-3H3. The molecule has 0 aromatic carbocycles. The van der Waals surface area contributed by atoms with Crippen molar-refractivity contribution in [2.24, 2.45) is 5.92 Å². The van der Waals surface area contributed by atoms with Crippen molar-refractivity contribution in [1.82, 2.24) is 15.2 Å². The van der Waals surface area contributed by atoms with Crippen LogP contribution in [0.1, 0.15) is 37.3 Å². The van der Waals surface area contributed by atoms with Crippen LogP contribution in [0.4, 0.5) is 0 Å². The number of thiazole rings is 1. The van der Waals surface area contributed by atoms with Crippen molar-refractivity contribution in [3.05, 3.63) is 16.1 Å². The first-order valence-corrected chi connectivity index (χ1v) is 8.38. The maximum atomic E-state index is 4.35. The highest BCUT2D eigenvalue weighted by Gasteiger charge is 2.19. The Morgan fingerprint density at radius 2 is 2.37 bits per heavy atom. The monoisotopic (exact) mass is 281 g/mol. The summed E-state index contributed by atoms with van der Waals surface area (Å²) in [7, 11) is 0. The Balaban J connectivity index is 1.83. The van der Waals surface area contributed by atoms with E-state index < -0.39 is 0 Å². The second-order valence-corrected chi connectivity index (χ2v) is 6.85. The van der Waals surface area contributed by atoms with Crippen LogP contribution in [0, 0.1) is 12.8 Å². The zero-order valence-electron chi connectivity index (χ0n) is 12.5. The lowest BCUT2D eigenvalue weighted by Gasteiger charge is -2.32. The summed E-state index contributed by atoms with van der Waals surface area (Å²) in [6.45, 7) is 11.6. The Hall–Kier alpha value is -0.450. The summed E-state index contributed by atoms with van der Waals surface area (Å²) in [6.07, 6.45) is 3.87. The van der Waals surface area contributed by atoms with Crippen molar-refractivity contribution < 1.29 is 0 Å². The normalized spacial score (nSPS) is 20.4. The Labute approximate surface area is 121 Å². The molecule has 1 fully saturated rings. The third kappa shape index (κ3) is 4.55. The molecule has 4 heteroatoms. The lowest BCUT2D eigenvalue weighted by atomic mass is 9.98. The predicted molar refractivity (Wildman–Crippen MR) is 82.9 cm³/mol. The van der Waals surface area contributed by atoms with E-state index >= 15 is 0 Å². The molecule has 0 spiro atoms. The molecule has 2 rings (SSSR count). The van der Waals surface area contributed by atoms with Crippen LogP contribution in [0.25, 0.3) is 0 Å². The number of rotatable bonds is 6. The van der Waals surface area contributed by atoms with Crippen LogP contribution >= 0.6 is 11.3 Å². The molecule has 0 saturated carbocycles. The summed E-state index contributed by atoms with van der Waals surface area (Å²) in [5, 5.41) is 3.52. The van der Waals surface area contributed by atoms with E-state index in [4.69, 9.17) is 0 Å². The van der Waals surface area contributed by atoms with Gasteiger partial charge in [0.1, 0.15) is 0 Å². The van der Waals surface area contributed by atoms with Crippen LogP contribution in [-0.4, -0.2) is 42.1 Å². The number of nitrogens with one attached hydrogen (secondary N) is 1. The zero-order valence-corrected chi connectivity index (χ0v) is 13.3. The van der Waals surface area contributed by atoms with Gasteiger partial charge in [-0.25, -0.2) is 4.98 Å². The minimum atomic E-state index is 0.634.